The van der Waals surface area contributed by atoms with E-state index in [-0.39, 0.29) is 0 Å². The van der Waals surface area contributed by atoms with E-state index in [1.165, 1.54) is 11.3 Å². The quantitative estimate of drug-likeness (QED) is 0.826. The summed E-state index contributed by atoms with van der Waals surface area (Å²) in [5.74, 6) is 0.813. The van der Waals surface area contributed by atoms with Crippen molar-refractivity contribution in [1.82, 2.24) is 10.2 Å². The summed E-state index contributed by atoms with van der Waals surface area (Å²) < 4.78 is 5.94. The molecule has 0 saturated carbocycles. The summed E-state index contributed by atoms with van der Waals surface area (Å²) in [4.78, 5) is 0. The van der Waals surface area contributed by atoms with E-state index in [4.69, 9.17) is 16.3 Å². The molecule has 0 aliphatic heterocycles. The van der Waals surface area contributed by atoms with Gasteiger partial charge < -0.3 is 4.74 Å². The molecule has 15 heavy (non-hydrogen) atoms. The summed E-state index contributed by atoms with van der Waals surface area (Å²) in [6, 6.07) is 7.72. The fourth-order valence-electron chi connectivity index (χ4n) is 1.24. The van der Waals surface area contributed by atoms with Crippen molar-refractivity contribution in [3.05, 3.63) is 28.7 Å². The molecule has 2 rings (SSSR count). The van der Waals surface area contributed by atoms with Crippen LogP contribution in [-0.2, 0) is 0 Å². The molecule has 0 aliphatic carbocycles. The van der Waals surface area contributed by atoms with E-state index in [9.17, 15) is 0 Å². The number of hydrogen-bond donors (Lipinski definition) is 0. The molecule has 0 amide bonds. The molecule has 1 aromatic heterocycles. The van der Waals surface area contributed by atoms with E-state index in [1.807, 2.05) is 31.2 Å². The van der Waals surface area contributed by atoms with E-state index in [0.29, 0.717) is 11.1 Å². The number of para-hydroxylation sites is 1. The molecule has 0 spiro atoms. The molecule has 0 radical (unpaired) electrons. The summed E-state index contributed by atoms with van der Waals surface area (Å²) in [5, 5.41) is 8.54. The molecule has 1 aromatic carbocycles. The summed E-state index contributed by atoms with van der Waals surface area (Å²) in [7, 11) is 0. The third-order valence-corrected chi connectivity index (χ3v) is 2.87. The third-order valence-electron chi connectivity index (χ3n) is 1.82. The van der Waals surface area contributed by atoms with Crippen LogP contribution in [0.25, 0.3) is 10.6 Å². The Morgan fingerprint density at radius 1 is 1.33 bits per heavy atom. The Kier molecular flexibility index (Phi) is 3.18. The standard InChI is InChI=1S/C10H9ClN2OS/c1-2-14-8-6-4-3-5-7(8)9-12-13-10(11)15-9/h3-6H,2H2,1H3. The van der Waals surface area contributed by atoms with Gasteiger partial charge in [0, 0.05) is 0 Å². The zero-order chi connectivity index (χ0) is 10.7. The molecule has 0 fully saturated rings. The molecular formula is C10H9ClN2OS. The van der Waals surface area contributed by atoms with Crippen LogP contribution in [0.1, 0.15) is 6.92 Å². The van der Waals surface area contributed by atoms with Gasteiger partial charge in [0.05, 0.1) is 12.2 Å². The number of rotatable bonds is 3. The van der Waals surface area contributed by atoms with Crippen molar-refractivity contribution < 1.29 is 4.74 Å². The molecule has 2 aromatic rings. The van der Waals surface area contributed by atoms with Gasteiger partial charge in [-0.2, -0.15) is 0 Å². The second-order valence-electron chi connectivity index (χ2n) is 2.79. The van der Waals surface area contributed by atoms with Gasteiger partial charge in [-0.15, -0.1) is 10.2 Å². The van der Waals surface area contributed by atoms with E-state index in [0.717, 1.165) is 16.3 Å². The minimum atomic E-state index is 0.441. The Morgan fingerprint density at radius 2 is 2.13 bits per heavy atom. The van der Waals surface area contributed by atoms with Crippen LogP contribution < -0.4 is 4.74 Å². The van der Waals surface area contributed by atoms with Gasteiger partial charge in [0.1, 0.15) is 5.75 Å². The molecule has 78 valence electrons. The highest BCUT2D eigenvalue weighted by Crippen LogP contribution is 2.33. The maximum absolute atomic E-state index is 5.74. The van der Waals surface area contributed by atoms with Crippen LogP contribution in [-0.4, -0.2) is 16.8 Å². The van der Waals surface area contributed by atoms with Gasteiger partial charge in [0.2, 0.25) is 4.47 Å². The summed E-state index contributed by atoms with van der Waals surface area (Å²) in [5.41, 5.74) is 0.934. The van der Waals surface area contributed by atoms with Gasteiger partial charge >= 0.3 is 0 Å². The first-order valence-corrected chi connectivity index (χ1v) is 5.72. The average molecular weight is 241 g/mol. The van der Waals surface area contributed by atoms with Crippen LogP contribution >= 0.6 is 22.9 Å². The summed E-state index contributed by atoms with van der Waals surface area (Å²) >= 11 is 7.09. The second kappa shape index (κ2) is 4.59. The zero-order valence-corrected chi connectivity index (χ0v) is 9.68. The van der Waals surface area contributed by atoms with E-state index in [1.54, 1.807) is 0 Å². The Bertz CT molecular complexity index is 458. The van der Waals surface area contributed by atoms with Crippen molar-refractivity contribution in [2.45, 2.75) is 6.92 Å². The first-order chi connectivity index (χ1) is 7.31. The fraction of sp³-hybridized carbons (Fsp3) is 0.200. The molecule has 0 N–H and O–H groups in total. The SMILES string of the molecule is CCOc1ccccc1-c1nnc(Cl)s1. The lowest BCUT2D eigenvalue weighted by molar-refractivity contribution is 0.341. The average Bonchev–Trinajstić information content (AvgIpc) is 2.66. The normalized spacial score (nSPS) is 10.3. The minimum Gasteiger partial charge on any atom is -0.493 e. The molecule has 3 nitrogen and oxygen atoms in total. The zero-order valence-electron chi connectivity index (χ0n) is 8.11. The number of nitrogens with zero attached hydrogens (tertiary/aromatic N) is 2. The van der Waals surface area contributed by atoms with Crippen molar-refractivity contribution in [2.24, 2.45) is 0 Å². The molecular weight excluding hydrogens is 232 g/mol. The van der Waals surface area contributed by atoms with Crippen molar-refractivity contribution in [1.29, 1.82) is 0 Å². The van der Waals surface area contributed by atoms with Gasteiger partial charge in [-0.3, -0.25) is 0 Å². The molecule has 0 saturated heterocycles. The molecule has 0 aliphatic rings. The van der Waals surface area contributed by atoms with Crippen molar-refractivity contribution in [3.63, 3.8) is 0 Å². The maximum atomic E-state index is 5.74. The highest BCUT2D eigenvalue weighted by Gasteiger charge is 2.09. The predicted octanol–water partition coefficient (Wildman–Crippen LogP) is 3.26. The number of aromatic nitrogens is 2. The highest BCUT2D eigenvalue weighted by molar-refractivity contribution is 7.18. The highest BCUT2D eigenvalue weighted by atomic mass is 35.5. The Hall–Kier alpha value is -1.13. The smallest absolute Gasteiger partial charge is 0.207 e. The predicted molar refractivity (Wildman–Crippen MR) is 61.5 cm³/mol. The second-order valence-corrected chi connectivity index (χ2v) is 4.35. The topological polar surface area (TPSA) is 35.0 Å². The van der Waals surface area contributed by atoms with Crippen molar-refractivity contribution in [3.8, 4) is 16.3 Å². The van der Waals surface area contributed by atoms with Gasteiger partial charge in [0.15, 0.2) is 5.01 Å². The molecule has 0 bridgehead atoms. The monoisotopic (exact) mass is 240 g/mol. The van der Waals surface area contributed by atoms with Crippen LogP contribution in [0.15, 0.2) is 24.3 Å². The lowest BCUT2D eigenvalue weighted by Crippen LogP contribution is -1.93. The Morgan fingerprint density at radius 3 is 2.80 bits per heavy atom. The first-order valence-electron chi connectivity index (χ1n) is 4.52. The Balaban J connectivity index is 2.42. The van der Waals surface area contributed by atoms with Crippen molar-refractivity contribution >= 4 is 22.9 Å². The summed E-state index contributed by atoms with van der Waals surface area (Å²) in [6.45, 7) is 2.58. The summed E-state index contributed by atoms with van der Waals surface area (Å²) in [6.07, 6.45) is 0. The molecule has 0 unspecified atom stereocenters. The Labute approximate surface area is 96.7 Å². The van der Waals surface area contributed by atoms with Gasteiger partial charge in [-0.1, -0.05) is 23.5 Å². The maximum Gasteiger partial charge on any atom is 0.207 e. The van der Waals surface area contributed by atoms with Crippen LogP contribution in [0, 0.1) is 0 Å². The number of ether oxygens (including phenoxy) is 1. The lowest BCUT2D eigenvalue weighted by Gasteiger charge is -2.06. The number of halogens is 1. The number of hydrogen-bond acceptors (Lipinski definition) is 4. The van der Waals surface area contributed by atoms with Crippen LogP contribution in [0.3, 0.4) is 0 Å². The third kappa shape index (κ3) is 2.27. The lowest BCUT2D eigenvalue weighted by atomic mass is 10.2. The molecule has 0 atom stereocenters. The molecule has 5 heteroatoms. The minimum absolute atomic E-state index is 0.441. The van der Waals surface area contributed by atoms with Crippen LogP contribution in [0.5, 0.6) is 5.75 Å². The molecule has 1 heterocycles. The van der Waals surface area contributed by atoms with E-state index in [2.05, 4.69) is 10.2 Å². The van der Waals surface area contributed by atoms with Gasteiger partial charge in [0.25, 0.3) is 0 Å². The first kappa shape index (κ1) is 10.4. The number of benzene rings is 1. The fourth-order valence-corrected chi connectivity index (χ4v) is 2.10. The van der Waals surface area contributed by atoms with Crippen LogP contribution in [0.2, 0.25) is 4.47 Å². The van der Waals surface area contributed by atoms with Crippen molar-refractivity contribution in [2.75, 3.05) is 6.61 Å². The largest absolute Gasteiger partial charge is 0.493 e. The van der Waals surface area contributed by atoms with Crippen LogP contribution in [0.4, 0.5) is 0 Å². The van der Waals surface area contributed by atoms with Gasteiger partial charge in [-0.05, 0) is 30.7 Å². The van der Waals surface area contributed by atoms with E-state index >= 15 is 0 Å². The van der Waals surface area contributed by atoms with E-state index < -0.39 is 0 Å². The van der Waals surface area contributed by atoms with Gasteiger partial charge in [-0.25, -0.2) is 0 Å².